The lowest BCUT2D eigenvalue weighted by Gasteiger charge is -2.03. The van der Waals surface area contributed by atoms with E-state index in [1.54, 1.807) is 13.2 Å². The zero-order valence-corrected chi connectivity index (χ0v) is 15.2. The number of Topliss-reactive ketones (excluding diaryl/α,β-unsaturated/α-hetero) is 1. The molecular formula is C22H23N2O2+. The number of methoxy groups -OCH3 is 1. The molecule has 1 aromatic heterocycles. The number of nitrogens with zero attached hydrogens (tertiary/aromatic N) is 2. The summed E-state index contributed by atoms with van der Waals surface area (Å²) in [7, 11) is 1.62. The summed E-state index contributed by atoms with van der Waals surface area (Å²) in [4.78, 5) is 12.8. The first kappa shape index (κ1) is 16.6. The molecule has 4 nitrogen and oxygen atoms in total. The summed E-state index contributed by atoms with van der Waals surface area (Å²) >= 11 is 0. The number of ketones is 1. The van der Waals surface area contributed by atoms with Crippen LogP contribution in [0.2, 0.25) is 0 Å². The Morgan fingerprint density at radius 1 is 1.19 bits per heavy atom. The SMILES string of the molecule is COc1cccc(C(=O)C[n+]2cc(-c3ccc(C)cc3)n3c2CCC3)c1. The molecule has 0 aliphatic carbocycles. The van der Waals surface area contributed by atoms with Gasteiger partial charge in [-0.15, -0.1) is 0 Å². The summed E-state index contributed by atoms with van der Waals surface area (Å²) in [6.45, 7) is 3.46. The van der Waals surface area contributed by atoms with E-state index in [9.17, 15) is 4.79 Å². The van der Waals surface area contributed by atoms with Crippen LogP contribution in [-0.4, -0.2) is 17.5 Å². The summed E-state index contributed by atoms with van der Waals surface area (Å²) in [6, 6.07) is 16.0. The van der Waals surface area contributed by atoms with Crippen molar-refractivity contribution in [3.8, 4) is 17.0 Å². The molecule has 0 unspecified atom stereocenters. The van der Waals surface area contributed by atoms with Crippen LogP contribution in [-0.2, 0) is 19.5 Å². The third-order valence-electron chi connectivity index (χ3n) is 5.05. The molecule has 2 heterocycles. The van der Waals surface area contributed by atoms with Gasteiger partial charge in [-0.05, 0) is 25.5 Å². The Morgan fingerprint density at radius 2 is 2.00 bits per heavy atom. The second-order valence-corrected chi connectivity index (χ2v) is 6.83. The van der Waals surface area contributed by atoms with Crippen LogP contribution in [0.4, 0.5) is 0 Å². The lowest BCUT2D eigenvalue weighted by atomic mass is 10.1. The summed E-state index contributed by atoms with van der Waals surface area (Å²) in [5.41, 5.74) is 4.33. The van der Waals surface area contributed by atoms with Crippen LogP contribution in [0.15, 0.2) is 54.7 Å². The second kappa shape index (κ2) is 6.79. The average Bonchev–Trinajstić information content (AvgIpc) is 3.26. The normalized spacial score (nSPS) is 12.8. The predicted octanol–water partition coefficient (Wildman–Crippen LogP) is 3.59. The fourth-order valence-electron chi connectivity index (χ4n) is 3.64. The van der Waals surface area contributed by atoms with E-state index in [1.807, 2.05) is 18.2 Å². The molecule has 0 amide bonds. The number of hydrogen-bond donors (Lipinski definition) is 0. The van der Waals surface area contributed by atoms with Crippen molar-refractivity contribution in [2.45, 2.75) is 32.9 Å². The van der Waals surface area contributed by atoms with E-state index < -0.39 is 0 Å². The van der Waals surface area contributed by atoms with Crippen molar-refractivity contribution < 1.29 is 14.1 Å². The fourth-order valence-corrected chi connectivity index (χ4v) is 3.64. The number of benzene rings is 2. The van der Waals surface area contributed by atoms with Crippen LogP contribution < -0.4 is 9.30 Å². The smallest absolute Gasteiger partial charge is 0.257 e. The number of fused-ring (bicyclic) bond motifs is 1. The van der Waals surface area contributed by atoms with Gasteiger partial charge < -0.3 is 4.74 Å². The molecule has 132 valence electrons. The van der Waals surface area contributed by atoms with E-state index in [0.29, 0.717) is 17.9 Å². The third kappa shape index (κ3) is 3.03. The molecule has 2 aromatic carbocycles. The standard InChI is InChI=1S/C22H23N2O2/c1-16-8-10-17(11-9-16)20-14-23(22-7-4-12-24(20)22)15-21(25)18-5-3-6-19(13-18)26-2/h3,5-6,8-11,13-14H,4,7,12,15H2,1-2H3/q+1. The van der Waals surface area contributed by atoms with Gasteiger partial charge in [-0.3, -0.25) is 4.79 Å². The highest BCUT2D eigenvalue weighted by Gasteiger charge is 2.29. The number of ether oxygens (including phenoxy) is 1. The summed E-state index contributed by atoms with van der Waals surface area (Å²) in [6.07, 6.45) is 4.26. The van der Waals surface area contributed by atoms with Crippen LogP contribution in [0.5, 0.6) is 5.75 Å². The molecule has 4 heteroatoms. The van der Waals surface area contributed by atoms with Crippen molar-refractivity contribution in [3.05, 3.63) is 71.7 Å². The predicted molar refractivity (Wildman–Crippen MR) is 100 cm³/mol. The lowest BCUT2D eigenvalue weighted by Crippen LogP contribution is -2.40. The van der Waals surface area contributed by atoms with E-state index in [-0.39, 0.29) is 5.78 Å². The summed E-state index contributed by atoms with van der Waals surface area (Å²) in [5.74, 6) is 2.05. The number of aromatic nitrogens is 2. The number of hydrogen-bond acceptors (Lipinski definition) is 2. The number of rotatable bonds is 5. The van der Waals surface area contributed by atoms with Crippen LogP contribution in [0, 0.1) is 6.92 Å². The molecule has 1 aliphatic heterocycles. The highest BCUT2D eigenvalue weighted by molar-refractivity contribution is 5.95. The van der Waals surface area contributed by atoms with Crippen molar-refractivity contribution >= 4 is 5.78 Å². The van der Waals surface area contributed by atoms with Crippen LogP contribution >= 0.6 is 0 Å². The lowest BCUT2D eigenvalue weighted by molar-refractivity contribution is -0.689. The summed E-state index contributed by atoms with van der Waals surface area (Å²) < 4.78 is 9.70. The molecule has 1 aliphatic rings. The molecule has 0 radical (unpaired) electrons. The van der Waals surface area contributed by atoms with Crippen molar-refractivity contribution in [3.63, 3.8) is 0 Å². The Labute approximate surface area is 153 Å². The van der Waals surface area contributed by atoms with Gasteiger partial charge in [0.25, 0.3) is 5.82 Å². The van der Waals surface area contributed by atoms with Crippen molar-refractivity contribution in [1.82, 2.24) is 4.57 Å². The van der Waals surface area contributed by atoms with E-state index in [0.717, 1.165) is 19.4 Å². The fraction of sp³-hybridized carbons (Fsp3) is 0.273. The Bertz CT molecular complexity index is 955. The first-order valence-electron chi connectivity index (χ1n) is 9.02. The van der Waals surface area contributed by atoms with Crippen LogP contribution in [0.1, 0.15) is 28.2 Å². The first-order valence-corrected chi connectivity index (χ1v) is 9.02. The monoisotopic (exact) mass is 347 g/mol. The molecule has 3 aromatic rings. The molecule has 0 N–H and O–H groups in total. The van der Waals surface area contributed by atoms with E-state index in [1.165, 1.54) is 22.6 Å². The second-order valence-electron chi connectivity index (χ2n) is 6.83. The molecule has 0 saturated carbocycles. The third-order valence-corrected chi connectivity index (χ3v) is 5.05. The molecule has 4 rings (SSSR count). The molecule has 0 spiro atoms. The maximum Gasteiger partial charge on any atom is 0.257 e. The molecule has 0 fully saturated rings. The van der Waals surface area contributed by atoms with Gasteiger partial charge in [-0.1, -0.05) is 42.0 Å². The largest absolute Gasteiger partial charge is 0.497 e. The Balaban J connectivity index is 1.66. The van der Waals surface area contributed by atoms with Gasteiger partial charge in [0, 0.05) is 11.1 Å². The minimum Gasteiger partial charge on any atom is -0.497 e. The molecular weight excluding hydrogens is 324 g/mol. The number of carbonyl (C=O) groups is 1. The van der Waals surface area contributed by atoms with Gasteiger partial charge in [0.15, 0.2) is 12.2 Å². The molecule has 26 heavy (non-hydrogen) atoms. The van der Waals surface area contributed by atoms with Crippen LogP contribution in [0.3, 0.4) is 0 Å². The van der Waals surface area contributed by atoms with Gasteiger partial charge in [0.1, 0.15) is 11.9 Å². The number of imidazole rings is 1. The van der Waals surface area contributed by atoms with Gasteiger partial charge in [0.2, 0.25) is 5.78 Å². The quantitative estimate of drug-likeness (QED) is 0.522. The maximum atomic E-state index is 12.8. The topological polar surface area (TPSA) is 35.1 Å². The Morgan fingerprint density at radius 3 is 2.77 bits per heavy atom. The Hall–Kier alpha value is -2.88. The van der Waals surface area contributed by atoms with E-state index in [2.05, 4.69) is 46.5 Å². The van der Waals surface area contributed by atoms with Crippen molar-refractivity contribution in [1.29, 1.82) is 0 Å². The average molecular weight is 347 g/mol. The van der Waals surface area contributed by atoms with E-state index in [4.69, 9.17) is 4.74 Å². The van der Waals surface area contributed by atoms with Gasteiger partial charge in [-0.25, -0.2) is 9.13 Å². The minimum atomic E-state index is 0.102. The molecule has 0 bridgehead atoms. The van der Waals surface area contributed by atoms with Gasteiger partial charge >= 0.3 is 0 Å². The Kier molecular flexibility index (Phi) is 4.33. The minimum absolute atomic E-state index is 0.102. The van der Waals surface area contributed by atoms with E-state index >= 15 is 0 Å². The van der Waals surface area contributed by atoms with Gasteiger partial charge in [-0.2, -0.15) is 0 Å². The number of carbonyl (C=O) groups excluding carboxylic acids is 1. The van der Waals surface area contributed by atoms with Crippen molar-refractivity contribution in [2.24, 2.45) is 0 Å². The van der Waals surface area contributed by atoms with Crippen molar-refractivity contribution in [2.75, 3.05) is 7.11 Å². The highest BCUT2D eigenvalue weighted by Crippen LogP contribution is 2.25. The maximum absolute atomic E-state index is 12.8. The first-order chi connectivity index (χ1) is 12.7. The van der Waals surface area contributed by atoms with Gasteiger partial charge in [0.05, 0.1) is 20.1 Å². The molecule has 0 saturated heterocycles. The summed E-state index contributed by atoms with van der Waals surface area (Å²) in [5, 5.41) is 0. The zero-order valence-electron chi connectivity index (χ0n) is 15.2. The number of aryl methyl sites for hydroxylation is 1. The highest BCUT2D eigenvalue weighted by atomic mass is 16.5. The molecule has 0 atom stereocenters. The van der Waals surface area contributed by atoms with Crippen LogP contribution in [0.25, 0.3) is 11.3 Å². The zero-order chi connectivity index (χ0) is 18.1.